The van der Waals surface area contributed by atoms with Gasteiger partial charge in [0.25, 0.3) is 0 Å². The molecule has 1 aliphatic carbocycles. The fraction of sp³-hybridized carbons (Fsp3) is 0.619. The van der Waals surface area contributed by atoms with Crippen molar-refractivity contribution in [3.8, 4) is 5.75 Å². The van der Waals surface area contributed by atoms with Crippen LogP contribution >= 0.6 is 0 Å². The van der Waals surface area contributed by atoms with Gasteiger partial charge in [-0.05, 0) is 63.6 Å². The first-order chi connectivity index (χ1) is 13.6. The zero-order chi connectivity index (χ0) is 21.7. The second kappa shape index (κ2) is 9.50. The third-order valence-corrected chi connectivity index (χ3v) is 4.91. The Balaban J connectivity index is 2.21. The quantitative estimate of drug-likeness (QED) is 0.608. The maximum atomic E-state index is 12.7. The van der Waals surface area contributed by atoms with Crippen LogP contribution in [0.15, 0.2) is 12.1 Å². The molecule has 0 aromatic heterocycles. The van der Waals surface area contributed by atoms with Gasteiger partial charge in [-0.15, -0.1) is 0 Å². The number of esters is 2. The number of aryl methyl sites for hydroxylation is 2. The van der Waals surface area contributed by atoms with Crippen LogP contribution in [0.4, 0.5) is 13.2 Å². The highest BCUT2D eigenvalue weighted by atomic mass is 19.4. The Morgan fingerprint density at radius 1 is 1.10 bits per heavy atom. The number of halogens is 3. The maximum Gasteiger partial charge on any atom is 0.422 e. The summed E-state index contributed by atoms with van der Waals surface area (Å²) >= 11 is 0. The van der Waals surface area contributed by atoms with Crippen LogP contribution < -0.4 is 4.74 Å². The van der Waals surface area contributed by atoms with Gasteiger partial charge in [0, 0.05) is 5.56 Å². The Kier molecular flexibility index (Phi) is 7.54. The van der Waals surface area contributed by atoms with Crippen LogP contribution in [0.25, 0.3) is 0 Å². The van der Waals surface area contributed by atoms with E-state index in [2.05, 4.69) is 0 Å². The predicted octanol–water partition coefficient (Wildman–Crippen LogP) is 4.60. The average Bonchev–Trinajstić information content (AvgIpc) is 2.62. The Labute approximate surface area is 168 Å². The van der Waals surface area contributed by atoms with Crippen LogP contribution in [0.5, 0.6) is 5.75 Å². The van der Waals surface area contributed by atoms with Gasteiger partial charge >= 0.3 is 18.1 Å². The van der Waals surface area contributed by atoms with E-state index in [0.717, 1.165) is 19.3 Å². The molecule has 5 nitrogen and oxygen atoms in total. The molecule has 0 bridgehead atoms. The minimum Gasteiger partial charge on any atom is -0.484 e. The van der Waals surface area contributed by atoms with Gasteiger partial charge in [-0.25, -0.2) is 4.79 Å². The van der Waals surface area contributed by atoms with Gasteiger partial charge in [-0.2, -0.15) is 13.2 Å². The minimum absolute atomic E-state index is 0.00870. The summed E-state index contributed by atoms with van der Waals surface area (Å²) in [7, 11) is 0. The second-order valence-electron chi connectivity index (χ2n) is 7.39. The van der Waals surface area contributed by atoms with E-state index in [-0.39, 0.29) is 18.8 Å². The van der Waals surface area contributed by atoms with E-state index in [9.17, 15) is 22.8 Å². The van der Waals surface area contributed by atoms with Crippen molar-refractivity contribution in [3.63, 3.8) is 0 Å². The molecule has 0 saturated heterocycles. The molecule has 0 radical (unpaired) electrons. The standard InChI is InChI=1S/C21H27F3O5/c1-4-27-19(26)20(8-6-5-7-9-20)29-18(25)12-16-15(3)10-14(2)11-17(16)28-13-21(22,23)24/h10-11H,4-9,12-13H2,1-3H3. The minimum atomic E-state index is -4.49. The SMILES string of the molecule is CCOC(=O)C1(OC(=O)Cc2c(C)cc(C)cc2OCC(F)(F)F)CCCCC1. The summed E-state index contributed by atoms with van der Waals surface area (Å²) in [5.41, 5.74) is 0.330. The van der Waals surface area contributed by atoms with E-state index in [0.29, 0.717) is 29.5 Å². The van der Waals surface area contributed by atoms with Crippen LogP contribution in [-0.4, -0.2) is 36.9 Å². The molecule has 1 fully saturated rings. The molecule has 0 atom stereocenters. The van der Waals surface area contributed by atoms with Crippen LogP contribution in [-0.2, 0) is 25.5 Å². The lowest BCUT2D eigenvalue weighted by molar-refractivity contribution is -0.186. The third kappa shape index (κ3) is 6.37. The molecule has 162 valence electrons. The summed E-state index contributed by atoms with van der Waals surface area (Å²) in [5.74, 6) is -1.27. The van der Waals surface area contributed by atoms with Gasteiger partial charge in [-0.1, -0.05) is 12.5 Å². The summed E-state index contributed by atoms with van der Waals surface area (Å²) < 4.78 is 53.4. The van der Waals surface area contributed by atoms with Crippen molar-refractivity contribution >= 4 is 11.9 Å². The van der Waals surface area contributed by atoms with Gasteiger partial charge in [0.1, 0.15) is 5.75 Å². The van der Waals surface area contributed by atoms with Crippen molar-refractivity contribution in [2.24, 2.45) is 0 Å². The van der Waals surface area contributed by atoms with Gasteiger partial charge < -0.3 is 14.2 Å². The van der Waals surface area contributed by atoms with E-state index in [1.54, 1.807) is 26.8 Å². The summed E-state index contributed by atoms with van der Waals surface area (Å²) in [6.45, 7) is 3.82. The summed E-state index contributed by atoms with van der Waals surface area (Å²) in [6, 6.07) is 3.22. The Bertz CT molecular complexity index is 737. The molecule has 0 N–H and O–H groups in total. The lowest BCUT2D eigenvalue weighted by Gasteiger charge is -2.34. The Morgan fingerprint density at radius 3 is 2.34 bits per heavy atom. The molecule has 0 aliphatic heterocycles. The van der Waals surface area contributed by atoms with Crippen LogP contribution in [0, 0.1) is 13.8 Å². The van der Waals surface area contributed by atoms with Crippen molar-refractivity contribution < 1.29 is 37.0 Å². The molecule has 29 heavy (non-hydrogen) atoms. The van der Waals surface area contributed by atoms with E-state index in [4.69, 9.17) is 14.2 Å². The smallest absolute Gasteiger partial charge is 0.422 e. The summed E-state index contributed by atoms with van der Waals surface area (Å²) in [4.78, 5) is 25.1. The maximum absolute atomic E-state index is 12.7. The number of benzene rings is 1. The van der Waals surface area contributed by atoms with Crippen LogP contribution in [0.1, 0.15) is 55.7 Å². The molecular formula is C21H27F3O5. The first kappa shape index (κ1) is 23.0. The number of rotatable bonds is 7. The number of hydrogen-bond acceptors (Lipinski definition) is 5. The van der Waals surface area contributed by atoms with Crippen molar-refractivity contribution in [1.82, 2.24) is 0 Å². The lowest BCUT2D eigenvalue weighted by Crippen LogP contribution is -2.46. The Hall–Kier alpha value is -2.25. The predicted molar refractivity (Wildman–Crippen MR) is 99.7 cm³/mol. The highest BCUT2D eigenvalue weighted by Crippen LogP contribution is 2.34. The van der Waals surface area contributed by atoms with E-state index < -0.39 is 30.3 Å². The third-order valence-electron chi connectivity index (χ3n) is 4.91. The molecule has 8 heteroatoms. The molecule has 0 spiro atoms. The normalized spacial score (nSPS) is 16.2. The topological polar surface area (TPSA) is 61.8 Å². The Morgan fingerprint density at radius 2 is 1.76 bits per heavy atom. The monoisotopic (exact) mass is 416 g/mol. The number of carbonyl (C=O) groups excluding carboxylic acids is 2. The molecule has 1 aromatic rings. The first-order valence-corrected chi connectivity index (χ1v) is 9.75. The zero-order valence-electron chi connectivity index (χ0n) is 17.0. The van der Waals surface area contributed by atoms with Gasteiger partial charge in [-0.3, -0.25) is 4.79 Å². The average molecular weight is 416 g/mol. The van der Waals surface area contributed by atoms with Gasteiger partial charge in [0.05, 0.1) is 13.0 Å². The molecule has 1 saturated carbocycles. The fourth-order valence-corrected chi connectivity index (χ4v) is 3.61. The number of ether oxygens (including phenoxy) is 3. The number of alkyl halides is 3. The van der Waals surface area contributed by atoms with Crippen LogP contribution in [0.2, 0.25) is 0 Å². The number of carbonyl (C=O) groups is 2. The van der Waals surface area contributed by atoms with Crippen molar-refractivity contribution in [2.75, 3.05) is 13.2 Å². The zero-order valence-corrected chi connectivity index (χ0v) is 17.0. The largest absolute Gasteiger partial charge is 0.484 e. The molecular weight excluding hydrogens is 389 g/mol. The highest BCUT2D eigenvalue weighted by Gasteiger charge is 2.45. The second-order valence-corrected chi connectivity index (χ2v) is 7.39. The van der Waals surface area contributed by atoms with Crippen molar-refractivity contribution in [3.05, 3.63) is 28.8 Å². The molecule has 0 unspecified atom stereocenters. The first-order valence-electron chi connectivity index (χ1n) is 9.75. The summed E-state index contributed by atoms with van der Waals surface area (Å²) in [6.07, 6.45) is -1.63. The molecule has 1 aromatic carbocycles. The van der Waals surface area contributed by atoms with Crippen molar-refractivity contribution in [1.29, 1.82) is 0 Å². The van der Waals surface area contributed by atoms with Gasteiger partial charge in [0.2, 0.25) is 5.60 Å². The molecule has 2 rings (SSSR count). The van der Waals surface area contributed by atoms with Gasteiger partial charge in [0.15, 0.2) is 6.61 Å². The molecule has 0 amide bonds. The molecule has 0 heterocycles. The summed E-state index contributed by atoms with van der Waals surface area (Å²) in [5, 5.41) is 0. The fourth-order valence-electron chi connectivity index (χ4n) is 3.61. The van der Waals surface area contributed by atoms with E-state index in [1.165, 1.54) is 6.07 Å². The van der Waals surface area contributed by atoms with E-state index in [1.807, 2.05) is 0 Å². The van der Waals surface area contributed by atoms with Crippen LogP contribution in [0.3, 0.4) is 0 Å². The van der Waals surface area contributed by atoms with Crippen molar-refractivity contribution in [2.45, 2.75) is 71.1 Å². The highest BCUT2D eigenvalue weighted by molar-refractivity contribution is 5.84. The number of hydrogen-bond donors (Lipinski definition) is 0. The lowest BCUT2D eigenvalue weighted by atomic mass is 9.84. The molecule has 1 aliphatic rings. The van der Waals surface area contributed by atoms with E-state index >= 15 is 0 Å².